The van der Waals surface area contributed by atoms with Crippen molar-refractivity contribution >= 4 is 11.9 Å². The Kier molecular flexibility index (Phi) is 6.02. The maximum atomic E-state index is 13.4. The number of carbonyl (C=O) groups excluding carboxylic acids is 2. The summed E-state index contributed by atoms with van der Waals surface area (Å²) in [6.07, 6.45) is 1.81. The van der Waals surface area contributed by atoms with E-state index in [1.54, 1.807) is 14.5 Å². The average Bonchev–Trinajstić information content (AvgIpc) is 3.25. The first-order chi connectivity index (χ1) is 15.1. The Balaban J connectivity index is 1.61. The Morgan fingerprint density at radius 3 is 2.23 bits per heavy atom. The van der Waals surface area contributed by atoms with Crippen LogP contribution in [-0.2, 0) is 0 Å². The van der Waals surface area contributed by atoms with Crippen LogP contribution in [0.5, 0.6) is 0 Å². The zero-order chi connectivity index (χ0) is 21.8. The zero-order valence-corrected chi connectivity index (χ0v) is 17.9. The average molecular weight is 418 g/mol. The minimum absolute atomic E-state index is 0.0623. The van der Waals surface area contributed by atoms with Gasteiger partial charge >= 0.3 is 6.03 Å². The highest BCUT2D eigenvalue weighted by molar-refractivity contribution is 6.00. The molecule has 1 N–H and O–H groups in total. The van der Waals surface area contributed by atoms with Gasteiger partial charge in [-0.15, -0.1) is 0 Å². The Morgan fingerprint density at radius 1 is 0.935 bits per heavy atom. The Morgan fingerprint density at radius 2 is 1.58 bits per heavy atom. The lowest BCUT2D eigenvalue weighted by molar-refractivity contribution is 0.0666. The number of hydrogen-bond donors (Lipinski definition) is 1. The minimum atomic E-state index is -0.0771. The van der Waals surface area contributed by atoms with Gasteiger partial charge in [-0.25, -0.2) is 9.48 Å². The van der Waals surface area contributed by atoms with Gasteiger partial charge in [0.2, 0.25) is 0 Å². The lowest BCUT2D eigenvalue weighted by Crippen LogP contribution is -2.53. The topological polar surface area (TPSA) is 70.5 Å². The molecule has 4 rings (SSSR count). The molecule has 0 radical (unpaired) electrons. The fourth-order valence-electron chi connectivity index (χ4n) is 3.72. The molecule has 0 saturated carbocycles. The van der Waals surface area contributed by atoms with Gasteiger partial charge in [0.25, 0.3) is 5.91 Å². The summed E-state index contributed by atoms with van der Waals surface area (Å²) in [5, 5.41) is 7.58. The monoisotopic (exact) mass is 417 g/mol. The number of piperazine rings is 1. The van der Waals surface area contributed by atoms with Gasteiger partial charge in [0.15, 0.2) is 0 Å². The van der Waals surface area contributed by atoms with Crippen molar-refractivity contribution < 1.29 is 9.59 Å². The summed E-state index contributed by atoms with van der Waals surface area (Å²) >= 11 is 0. The van der Waals surface area contributed by atoms with Crippen LogP contribution in [0.3, 0.4) is 0 Å². The second-order valence-corrected chi connectivity index (χ2v) is 7.65. The normalized spacial score (nSPS) is 13.9. The van der Waals surface area contributed by atoms with Crippen LogP contribution in [0.15, 0.2) is 60.8 Å². The molecular formula is C24H27N5O2. The molecular weight excluding hydrogens is 390 g/mol. The Hall–Kier alpha value is -3.61. The highest BCUT2D eigenvalue weighted by Gasteiger charge is 2.28. The largest absolute Gasteiger partial charge is 0.338 e. The van der Waals surface area contributed by atoms with Gasteiger partial charge in [-0.3, -0.25) is 4.79 Å². The Labute approximate surface area is 182 Å². The van der Waals surface area contributed by atoms with E-state index in [1.165, 1.54) is 5.56 Å². The van der Waals surface area contributed by atoms with Crippen molar-refractivity contribution in [2.75, 3.05) is 32.7 Å². The van der Waals surface area contributed by atoms with Gasteiger partial charge in [0.1, 0.15) is 5.69 Å². The lowest BCUT2D eigenvalue weighted by Gasteiger charge is -2.34. The maximum absolute atomic E-state index is 13.4. The summed E-state index contributed by atoms with van der Waals surface area (Å²) < 4.78 is 1.76. The number of nitrogens with zero attached hydrogens (tertiary/aromatic N) is 4. The predicted molar refractivity (Wildman–Crippen MR) is 120 cm³/mol. The van der Waals surface area contributed by atoms with Crippen LogP contribution in [0.4, 0.5) is 4.79 Å². The fourth-order valence-corrected chi connectivity index (χ4v) is 3.72. The third-order valence-corrected chi connectivity index (χ3v) is 5.47. The fraction of sp³-hybridized carbons (Fsp3) is 0.292. The molecule has 0 spiro atoms. The Bertz CT molecular complexity index is 1050. The lowest BCUT2D eigenvalue weighted by atomic mass is 10.1. The number of aryl methyl sites for hydroxylation is 1. The van der Waals surface area contributed by atoms with Crippen LogP contribution in [0, 0.1) is 6.92 Å². The second kappa shape index (κ2) is 9.04. The quantitative estimate of drug-likeness (QED) is 0.708. The van der Waals surface area contributed by atoms with Crippen LogP contribution in [0.25, 0.3) is 16.9 Å². The zero-order valence-electron chi connectivity index (χ0n) is 17.9. The molecule has 3 aromatic rings. The van der Waals surface area contributed by atoms with Crippen LogP contribution in [0.1, 0.15) is 22.8 Å². The molecule has 0 unspecified atom stereocenters. The van der Waals surface area contributed by atoms with Crippen molar-refractivity contribution in [3.8, 4) is 16.9 Å². The molecule has 1 fully saturated rings. The SMILES string of the molecule is CCNC(=O)N1CCN(C(=O)c2cn(-c3ccc(C)cc3)nc2-c2ccccc2)CC1. The van der Waals surface area contributed by atoms with Crippen molar-refractivity contribution in [2.45, 2.75) is 13.8 Å². The van der Waals surface area contributed by atoms with E-state index in [1.807, 2.05) is 74.6 Å². The third-order valence-electron chi connectivity index (χ3n) is 5.47. The molecule has 0 atom stereocenters. The molecule has 0 aliphatic carbocycles. The van der Waals surface area contributed by atoms with Crippen LogP contribution >= 0.6 is 0 Å². The molecule has 2 aromatic carbocycles. The molecule has 1 aliphatic heterocycles. The summed E-state index contributed by atoms with van der Waals surface area (Å²) in [5.74, 6) is -0.0623. The van der Waals surface area contributed by atoms with E-state index in [9.17, 15) is 9.59 Å². The van der Waals surface area contributed by atoms with E-state index < -0.39 is 0 Å². The maximum Gasteiger partial charge on any atom is 0.317 e. The summed E-state index contributed by atoms with van der Waals surface area (Å²) in [7, 11) is 0. The van der Waals surface area contributed by atoms with E-state index in [4.69, 9.17) is 5.10 Å². The number of carbonyl (C=O) groups is 2. The number of benzene rings is 2. The number of nitrogens with one attached hydrogen (secondary N) is 1. The van der Waals surface area contributed by atoms with Gasteiger partial charge in [-0.1, -0.05) is 48.0 Å². The van der Waals surface area contributed by atoms with Crippen molar-refractivity contribution in [3.63, 3.8) is 0 Å². The molecule has 7 heteroatoms. The van der Waals surface area contributed by atoms with E-state index in [-0.39, 0.29) is 11.9 Å². The second-order valence-electron chi connectivity index (χ2n) is 7.65. The first-order valence-corrected chi connectivity index (χ1v) is 10.6. The van der Waals surface area contributed by atoms with Gasteiger partial charge in [-0.05, 0) is 26.0 Å². The van der Waals surface area contributed by atoms with E-state index in [2.05, 4.69) is 5.32 Å². The molecule has 160 valence electrons. The van der Waals surface area contributed by atoms with E-state index in [0.29, 0.717) is 44.0 Å². The molecule has 2 heterocycles. The number of urea groups is 1. The van der Waals surface area contributed by atoms with Crippen molar-refractivity contribution in [3.05, 3.63) is 71.9 Å². The molecule has 31 heavy (non-hydrogen) atoms. The van der Waals surface area contributed by atoms with Gasteiger partial charge in [0, 0.05) is 44.5 Å². The molecule has 0 bridgehead atoms. The first-order valence-electron chi connectivity index (χ1n) is 10.6. The summed E-state index contributed by atoms with van der Waals surface area (Å²) in [5.41, 5.74) is 4.21. The standard InChI is InChI=1S/C24H27N5O2/c1-3-25-24(31)28-15-13-27(14-16-28)23(30)21-17-29(20-11-9-18(2)10-12-20)26-22(21)19-7-5-4-6-8-19/h4-12,17H,3,13-16H2,1-2H3,(H,25,31). The van der Waals surface area contributed by atoms with Crippen molar-refractivity contribution in [1.29, 1.82) is 0 Å². The van der Waals surface area contributed by atoms with Crippen molar-refractivity contribution in [1.82, 2.24) is 24.9 Å². The summed E-state index contributed by atoms with van der Waals surface area (Å²) in [4.78, 5) is 29.1. The number of aromatic nitrogens is 2. The van der Waals surface area contributed by atoms with Gasteiger partial charge in [0.05, 0.1) is 11.3 Å². The van der Waals surface area contributed by atoms with Crippen LogP contribution in [-0.4, -0.2) is 64.2 Å². The number of rotatable bonds is 4. The molecule has 1 aromatic heterocycles. The van der Waals surface area contributed by atoms with Gasteiger partial charge < -0.3 is 15.1 Å². The number of amides is 3. The number of hydrogen-bond acceptors (Lipinski definition) is 3. The smallest absolute Gasteiger partial charge is 0.317 e. The molecule has 1 saturated heterocycles. The molecule has 3 amide bonds. The van der Waals surface area contributed by atoms with E-state index in [0.717, 1.165) is 11.3 Å². The predicted octanol–water partition coefficient (Wildman–Crippen LogP) is 3.34. The minimum Gasteiger partial charge on any atom is -0.338 e. The van der Waals surface area contributed by atoms with E-state index >= 15 is 0 Å². The summed E-state index contributed by atoms with van der Waals surface area (Å²) in [6.45, 7) is 6.57. The van der Waals surface area contributed by atoms with Crippen molar-refractivity contribution in [2.24, 2.45) is 0 Å². The van der Waals surface area contributed by atoms with Gasteiger partial charge in [-0.2, -0.15) is 5.10 Å². The first kappa shape index (κ1) is 20.7. The third kappa shape index (κ3) is 4.45. The highest BCUT2D eigenvalue weighted by atomic mass is 16.2. The molecule has 7 nitrogen and oxygen atoms in total. The molecule has 1 aliphatic rings. The summed E-state index contributed by atoms with van der Waals surface area (Å²) in [6, 6.07) is 17.7. The highest BCUT2D eigenvalue weighted by Crippen LogP contribution is 2.25. The van der Waals surface area contributed by atoms with Crippen LogP contribution in [0.2, 0.25) is 0 Å². The van der Waals surface area contributed by atoms with Crippen LogP contribution < -0.4 is 5.32 Å².